The van der Waals surface area contributed by atoms with Gasteiger partial charge in [-0.15, -0.1) is 0 Å². The summed E-state index contributed by atoms with van der Waals surface area (Å²) in [5.74, 6) is 3.60. The van der Waals surface area contributed by atoms with E-state index in [-0.39, 0.29) is 5.56 Å². The Balaban J connectivity index is 1.56. The first-order valence-electron chi connectivity index (χ1n) is 6.25. The van der Waals surface area contributed by atoms with E-state index in [1.54, 1.807) is 6.20 Å². The molecule has 17 heavy (non-hydrogen) atoms. The molecule has 5 heteroatoms. The van der Waals surface area contributed by atoms with Crippen LogP contribution in [-0.4, -0.2) is 16.2 Å². The molecule has 3 saturated carbocycles. The van der Waals surface area contributed by atoms with Crippen LogP contribution in [0, 0.1) is 23.7 Å². The average molecular weight is 296 g/mol. The zero-order valence-electron chi connectivity index (χ0n) is 9.32. The lowest BCUT2D eigenvalue weighted by atomic mass is 10.0. The first kappa shape index (κ1) is 10.1. The first-order valence-corrected chi connectivity index (χ1v) is 7.04. The van der Waals surface area contributed by atoms with Crippen molar-refractivity contribution in [3.8, 4) is 0 Å². The lowest BCUT2D eigenvalue weighted by molar-refractivity contribution is 0.456. The molecular formula is C12H14BrN3O. The molecule has 1 aromatic rings. The zero-order valence-corrected chi connectivity index (χ0v) is 10.9. The molecule has 0 saturated heterocycles. The van der Waals surface area contributed by atoms with E-state index in [1.165, 1.54) is 19.3 Å². The van der Waals surface area contributed by atoms with E-state index < -0.39 is 0 Å². The average Bonchev–Trinajstić information content (AvgIpc) is 2.72. The maximum atomic E-state index is 11.4. The van der Waals surface area contributed by atoms with Gasteiger partial charge in [-0.25, -0.2) is 5.10 Å². The first-order chi connectivity index (χ1) is 8.25. The summed E-state index contributed by atoms with van der Waals surface area (Å²) in [5.41, 5.74) is 0.677. The molecule has 0 aromatic carbocycles. The number of aromatic amines is 1. The number of nitrogens with one attached hydrogen (secondary N) is 2. The predicted molar refractivity (Wildman–Crippen MR) is 67.8 cm³/mol. The van der Waals surface area contributed by atoms with Crippen molar-refractivity contribution in [3.63, 3.8) is 0 Å². The summed E-state index contributed by atoms with van der Waals surface area (Å²) in [6.45, 7) is 0. The fourth-order valence-electron chi connectivity index (χ4n) is 4.18. The maximum Gasteiger partial charge on any atom is 0.280 e. The minimum absolute atomic E-state index is 0.163. The number of anilines is 1. The number of hydrogen-bond acceptors (Lipinski definition) is 3. The molecule has 4 nitrogen and oxygen atoms in total. The molecular weight excluding hydrogens is 282 g/mol. The zero-order chi connectivity index (χ0) is 11.6. The van der Waals surface area contributed by atoms with Gasteiger partial charge in [0.05, 0.1) is 11.9 Å². The van der Waals surface area contributed by atoms with Gasteiger partial charge in [-0.1, -0.05) is 0 Å². The number of hydrogen-bond donors (Lipinski definition) is 2. The Kier molecular flexibility index (Phi) is 1.99. The predicted octanol–water partition coefficient (Wildman–Crippen LogP) is 1.99. The minimum Gasteiger partial charge on any atom is -0.379 e. The van der Waals surface area contributed by atoms with Crippen molar-refractivity contribution in [2.45, 2.75) is 25.3 Å². The molecule has 90 valence electrons. The van der Waals surface area contributed by atoms with Crippen LogP contribution >= 0.6 is 15.9 Å². The number of nitrogens with zero attached hydrogens (tertiary/aromatic N) is 1. The Morgan fingerprint density at radius 1 is 1.35 bits per heavy atom. The Hall–Kier alpha value is -0.840. The lowest BCUT2D eigenvalue weighted by Crippen LogP contribution is -2.17. The van der Waals surface area contributed by atoms with E-state index in [0.29, 0.717) is 10.5 Å². The largest absolute Gasteiger partial charge is 0.379 e. The molecule has 4 unspecified atom stereocenters. The summed E-state index contributed by atoms with van der Waals surface area (Å²) < 4.78 is 0.574. The number of rotatable bonds is 2. The number of halogens is 1. The fourth-order valence-corrected chi connectivity index (χ4v) is 4.49. The van der Waals surface area contributed by atoms with Crippen LogP contribution in [0.1, 0.15) is 19.3 Å². The van der Waals surface area contributed by atoms with Crippen LogP contribution in [0.25, 0.3) is 0 Å². The molecule has 3 fully saturated rings. The molecule has 0 radical (unpaired) electrons. The van der Waals surface area contributed by atoms with Crippen LogP contribution in [0.2, 0.25) is 0 Å². The Bertz CT molecular complexity index is 513. The highest BCUT2D eigenvalue weighted by Gasteiger charge is 2.65. The van der Waals surface area contributed by atoms with Crippen molar-refractivity contribution in [1.29, 1.82) is 0 Å². The molecule has 2 N–H and O–H groups in total. The summed E-state index contributed by atoms with van der Waals surface area (Å²) in [6, 6.07) is 0.584. The van der Waals surface area contributed by atoms with Crippen molar-refractivity contribution in [1.82, 2.24) is 10.2 Å². The third-order valence-electron chi connectivity index (χ3n) is 4.85. The van der Waals surface area contributed by atoms with Gasteiger partial charge in [0.15, 0.2) is 0 Å². The summed E-state index contributed by atoms with van der Waals surface area (Å²) in [4.78, 5) is 11.4. The van der Waals surface area contributed by atoms with Crippen LogP contribution in [0.4, 0.5) is 5.69 Å². The Labute approximate surface area is 107 Å². The second kappa shape index (κ2) is 3.34. The minimum atomic E-state index is -0.163. The molecule has 4 rings (SSSR count). The summed E-state index contributed by atoms with van der Waals surface area (Å²) >= 11 is 3.32. The molecule has 3 aliphatic rings. The third kappa shape index (κ3) is 1.35. The molecule has 0 aliphatic heterocycles. The van der Waals surface area contributed by atoms with Crippen molar-refractivity contribution in [2.24, 2.45) is 23.7 Å². The van der Waals surface area contributed by atoms with Crippen LogP contribution < -0.4 is 10.9 Å². The number of fused-ring (bicyclic) bond motifs is 5. The van der Waals surface area contributed by atoms with Crippen molar-refractivity contribution < 1.29 is 0 Å². The van der Waals surface area contributed by atoms with Crippen LogP contribution in [-0.2, 0) is 0 Å². The Morgan fingerprint density at radius 2 is 2.06 bits per heavy atom. The topological polar surface area (TPSA) is 57.8 Å². The summed E-state index contributed by atoms with van der Waals surface area (Å²) in [7, 11) is 0. The monoisotopic (exact) mass is 295 g/mol. The van der Waals surface area contributed by atoms with E-state index in [2.05, 4.69) is 31.4 Å². The van der Waals surface area contributed by atoms with E-state index >= 15 is 0 Å². The maximum absolute atomic E-state index is 11.4. The van der Waals surface area contributed by atoms with Crippen LogP contribution in [0.3, 0.4) is 0 Å². The van der Waals surface area contributed by atoms with E-state index in [9.17, 15) is 4.79 Å². The van der Waals surface area contributed by atoms with Crippen LogP contribution in [0.5, 0.6) is 0 Å². The molecule has 1 aromatic heterocycles. The second-order valence-electron chi connectivity index (χ2n) is 5.58. The lowest BCUT2D eigenvalue weighted by Gasteiger charge is -2.12. The van der Waals surface area contributed by atoms with Gasteiger partial charge in [0, 0.05) is 6.04 Å². The van der Waals surface area contributed by atoms with Crippen molar-refractivity contribution >= 4 is 21.6 Å². The van der Waals surface area contributed by atoms with E-state index in [0.717, 1.165) is 29.4 Å². The van der Waals surface area contributed by atoms with Crippen molar-refractivity contribution in [2.75, 3.05) is 5.32 Å². The van der Waals surface area contributed by atoms with Gasteiger partial charge in [-0.2, -0.15) is 5.10 Å². The summed E-state index contributed by atoms with van der Waals surface area (Å²) in [5, 5.41) is 9.76. The molecule has 0 spiro atoms. The third-order valence-corrected chi connectivity index (χ3v) is 5.64. The highest BCUT2D eigenvalue weighted by Crippen LogP contribution is 2.66. The van der Waals surface area contributed by atoms with Gasteiger partial charge in [-0.05, 0) is 58.9 Å². The molecule has 3 aliphatic carbocycles. The molecule has 1 heterocycles. The number of aromatic nitrogens is 2. The fraction of sp³-hybridized carbons (Fsp3) is 0.667. The van der Waals surface area contributed by atoms with Gasteiger partial charge in [0.2, 0.25) is 0 Å². The molecule has 2 bridgehead atoms. The van der Waals surface area contributed by atoms with Gasteiger partial charge in [0.1, 0.15) is 4.47 Å². The second-order valence-corrected chi connectivity index (χ2v) is 6.38. The van der Waals surface area contributed by atoms with E-state index in [1.807, 2.05) is 0 Å². The molecule has 4 atom stereocenters. The van der Waals surface area contributed by atoms with Gasteiger partial charge in [0.25, 0.3) is 5.56 Å². The summed E-state index contributed by atoms with van der Waals surface area (Å²) in [6.07, 6.45) is 5.97. The normalized spacial score (nSPS) is 41.4. The van der Waals surface area contributed by atoms with Gasteiger partial charge < -0.3 is 5.32 Å². The highest BCUT2D eigenvalue weighted by atomic mass is 79.9. The highest BCUT2D eigenvalue weighted by molar-refractivity contribution is 9.10. The quantitative estimate of drug-likeness (QED) is 0.877. The number of H-pyrrole nitrogens is 1. The Morgan fingerprint density at radius 3 is 2.76 bits per heavy atom. The SMILES string of the molecule is O=c1[nH]ncc(NC2C3C4CCC(C4)C23)c1Br. The molecule has 0 amide bonds. The van der Waals surface area contributed by atoms with Crippen molar-refractivity contribution in [3.05, 3.63) is 21.0 Å². The standard InChI is InChI=1S/C12H14BrN3O/c13-10-7(4-14-16-12(10)17)15-11-8-5-1-2-6(3-5)9(8)11/h4-6,8-9,11H,1-3H2,(H2,15,16,17). The van der Waals surface area contributed by atoms with Crippen LogP contribution in [0.15, 0.2) is 15.5 Å². The smallest absolute Gasteiger partial charge is 0.280 e. The van der Waals surface area contributed by atoms with Gasteiger partial charge in [-0.3, -0.25) is 4.79 Å². The van der Waals surface area contributed by atoms with E-state index in [4.69, 9.17) is 0 Å². The van der Waals surface area contributed by atoms with Gasteiger partial charge >= 0.3 is 0 Å².